The average Bonchev–Trinajstić information content (AvgIpc) is 2.82. The Morgan fingerprint density at radius 2 is 1.75 bits per heavy atom. The Labute approximate surface area is 205 Å². The van der Waals surface area contributed by atoms with E-state index in [0.29, 0.717) is 24.2 Å². The van der Waals surface area contributed by atoms with E-state index in [1.54, 1.807) is 7.11 Å². The highest BCUT2D eigenvalue weighted by Crippen LogP contribution is 2.33. The number of carboxylic acids is 1. The van der Waals surface area contributed by atoms with Gasteiger partial charge in [0.1, 0.15) is 29.7 Å². The van der Waals surface area contributed by atoms with Gasteiger partial charge in [-0.05, 0) is 65.1 Å². The minimum Gasteiger partial charge on any atom is -0.497 e. The molecule has 0 unspecified atom stereocenters. The summed E-state index contributed by atoms with van der Waals surface area (Å²) in [6.07, 6.45) is -5.26. The van der Waals surface area contributed by atoms with Gasteiger partial charge in [-0.1, -0.05) is 18.2 Å². The van der Waals surface area contributed by atoms with Gasteiger partial charge in [0.15, 0.2) is 0 Å². The maximum Gasteiger partial charge on any atom is 0.573 e. The fraction of sp³-hybridized carbons (Fsp3) is 0.269. The summed E-state index contributed by atoms with van der Waals surface area (Å²) >= 11 is 0. The second kappa shape index (κ2) is 12.3. The van der Waals surface area contributed by atoms with Crippen LogP contribution in [0.3, 0.4) is 0 Å². The van der Waals surface area contributed by atoms with Crippen LogP contribution in [-0.4, -0.2) is 37.7 Å². The SMILES string of the molecule is COc1cccc(CNCCOc2cc(OC(F)(F)F)cc(-c3ccc(F)c(CCC(=O)O)c3)c2)c1. The van der Waals surface area contributed by atoms with Crippen LogP contribution in [-0.2, 0) is 17.8 Å². The van der Waals surface area contributed by atoms with Gasteiger partial charge < -0.3 is 24.6 Å². The lowest BCUT2D eigenvalue weighted by atomic mass is 10.00. The fourth-order valence-corrected chi connectivity index (χ4v) is 3.46. The first-order chi connectivity index (χ1) is 17.1. The molecular formula is C26H25F4NO5. The molecule has 3 aromatic rings. The number of rotatable bonds is 12. The third-order valence-electron chi connectivity index (χ3n) is 5.11. The molecule has 0 aliphatic rings. The summed E-state index contributed by atoms with van der Waals surface area (Å²) in [4.78, 5) is 10.8. The van der Waals surface area contributed by atoms with E-state index in [1.807, 2.05) is 24.3 Å². The van der Waals surface area contributed by atoms with Crippen molar-refractivity contribution in [2.75, 3.05) is 20.3 Å². The van der Waals surface area contributed by atoms with Gasteiger partial charge in [0.05, 0.1) is 7.11 Å². The van der Waals surface area contributed by atoms with Crippen molar-refractivity contribution in [2.45, 2.75) is 25.7 Å². The number of ether oxygens (including phenoxy) is 3. The molecule has 36 heavy (non-hydrogen) atoms. The number of hydrogen-bond acceptors (Lipinski definition) is 5. The molecule has 0 aromatic heterocycles. The highest BCUT2D eigenvalue weighted by atomic mass is 19.4. The zero-order valence-electron chi connectivity index (χ0n) is 19.4. The third kappa shape index (κ3) is 8.46. The van der Waals surface area contributed by atoms with Crippen molar-refractivity contribution < 1.29 is 41.7 Å². The second-order valence-electron chi connectivity index (χ2n) is 7.82. The van der Waals surface area contributed by atoms with Crippen molar-refractivity contribution in [3.63, 3.8) is 0 Å². The molecule has 3 rings (SSSR count). The molecule has 0 aliphatic heterocycles. The molecular weight excluding hydrogens is 482 g/mol. The van der Waals surface area contributed by atoms with Gasteiger partial charge in [0.2, 0.25) is 0 Å². The van der Waals surface area contributed by atoms with E-state index in [9.17, 15) is 22.4 Å². The Kier molecular flexibility index (Phi) is 9.13. The predicted molar refractivity (Wildman–Crippen MR) is 125 cm³/mol. The number of aryl methyl sites for hydroxylation is 1. The summed E-state index contributed by atoms with van der Waals surface area (Å²) in [6, 6.07) is 15.2. The van der Waals surface area contributed by atoms with Gasteiger partial charge in [0.25, 0.3) is 0 Å². The number of carboxylic acid groups (broad SMARTS) is 1. The maximum atomic E-state index is 14.1. The molecule has 0 saturated heterocycles. The van der Waals surface area contributed by atoms with Gasteiger partial charge in [-0.25, -0.2) is 4.39 Å². The molecule has 192 valence electrons. The normalized spacial score (nSPS) is 11.2. The van der Waals surface area contributed by atoms with Crippen molar-refractivity contribution in [3.05, 3.63) is 77.6 Å². The summed E-state index contributed by atoms with van der Waals surface area (Å²) in [7, 11) is 1.58. The van der Waals surface area contributed by atoms with Gasteiger partial charge in [-0.2, -0.15) is 0 Å². The lowest BCUT2D eigenvalue weighted by Crippen LogP contribution is -2.20. The summed E-state index contributed by atoms with van der Waals surface area (Å²) < 4.78 is 67.7. The molecule has 0 aliphatic carbocycles. The van der Waals surface area contributed by atoms with Crippen molar-refractivity contribution in [1.82, 2.24) is 5.32 Å². The maximum absolute atomic E-state index is 14.1. The van der Waals surface area contributed by atoms with Crippen LogP contribution in [0.15, 0.2) is 60.7 Å². The molecule has 2 N–H and O–H groups in total. The molecule has 0 saturated carbocycles. The van der Waals surface area contributed by atoms with Gasteiger partial charge >= 0.3 is 12.3 Å². The molecule has 0 bridgehead atoms. The lowest BCUT2D eigenvalue weighted by Gasteiger charge is -2.15. The Hall–Kier alpha value is -3.79. The quantitative estimate of drug-likeness (QED) is 0.246. The van der Waals surface area contributed by atoms with E-state index < -0.39 is 23.9 Å². The van der Waals surface area contributed by atoms with E-state index in [1.165, 1.54) is 18.2 Å². The first kappa shape index (κ1) is 26.8. The van der Waals surface area contributed by atoms with E-state index in [4.69, 9.17) is 14.6 Å². The van der Waals surface area contributed by atoms with Gasteiger partial charge in [-0.3, -0.25) is 4.79 Å². The van der Waals surface area contributed by atoms with Crippen molar-refractivity contribution >= 4 is 5.97 Å². The minimum atomic E-state index is -4.91. The van der Waals surface area contributed by atoms with Crippen molar-refractivity contribution in [2.24, 2.45) is 0 Å². The minimum absolute atomic E-state index is 0.0595. The number of carbonyl (C=O) groups is 1. The van der Waals surface area contributed by atoms with Crippen LogP contribution in [0.2, 0.25) is 0 Å². The molecule has 0 amide bonds. The molecule has 0 atom stereocenters. The first-order valence-corrected chi connectivity index (χ1v) is 11.0. The topological polar surface area (TPSA) is 77.0 Å². The Bertz CT molecular complexity index is 1180. The highest BCUT2D eigenvalue weighted by molar-refractivity contribution is 5.69. The second-order valence-corrected chi connectivity index (χ2v) is 7.82. The number of nitrogens with one attached hydrogen (secondary N) is 1. The molecule has 0 spiro atoms. The molecule has 0 radical (unpaired) electrons. The van der Waals surface area contributed by atoms with Gasteiger partial charge in [0, 0.05) is 25.6 Å². The fourth-order valence-electron chi connectivity index (χ4n) is 3.46. The number of aliphatic carboxylic acids is 1. The highest BCUT2D eigenvalue weighted by Gasteiger charge is 2.31. The third-order valence-corrected chi connectivity index (χ3v) is 5.11. The molecule has 6 nitrogen and oxygen atoms in total. The molecule has 10 heteroatoms. The van der Waals surface area contributed by atoms with E-state index in [-0.39, 0.29) is 30.8 Å². The van der Waals surface area contributed by atoms with E-state index in [0.717, 1.165) is 29.5 Å². The van der Waals surface area contributed by atoms with Crippen LogP contribution in [0.4, 0.5) is 17.6 Å². The molecule has 0 heterocycles. The number of halogens is 4. The number of methoxy groups -OCH3 is 1. The van der Waals surface area contributed by atoms with Crippen LogP contribution in [0.25, 0.3) is 11.1 Å². The Balaban J connectivity index is 1.72. The lowest BCUT2D eigenvalue weighted by molar-refractivity contribution is -0.274. The van der Waals surface area contributed by atoms with Crippen LogP contribution in [0.1, 0.15) is 17.5 Å². The van der Waals surface area contributed by atoms with Crippen LogP contribution in [0, 0.1) is 5.82 Å². The summed E-state index contributed by atoms with van der Waals surface area (Å²) in [5.74, 6) is -1.31. The van der Waals surface area contributed by atoms with Gasteiger partial charge in [-0.15, -0.1) is 13.2 Å². The molecule has 3 aromatic carbocycles. The van der Waals surface area contributed by atoms with E-state index >= 15 is 0 Å². The number of benzene rings is 3. The van der Waals surface area contributed by atoms with Crippen molar-refractivity contribution in [3.8, 4) is 28.4 Å². The zero-order valence-corrected chi connectivity index (χ0v) is 19.4. The zero-order chi connectivity index (χ0) is 26.1. The standard InChI is InChI=1S/C26H25F4NO5/c1-34-21-4-2-3-17(11-21)16-31-9-10-35-22-13-20(14-23(15-22)36-26(28,29)30)18-5-7-24(27)19(12-18)6-8-25(32)33/h2-5,7,11-15,31H,6,8-10,16H2,1H3,(H,32,33). The smallest absolute Gasteiger partial charge is 0.497 e. The largest absolute Gasteiger partial charge is 0.573 e. The first-order valence-electron chi connectivity index (χ1n) is 11.0. The Morgan fingerprint density at radius 3 is 2.47 bits per heavy atom. The monoisotopic (exact) mass is 507 g/mol. The summed E-state index contributed by atoms with van der Waals surface area (Å²) in [5, 5.41) is 12.0. The van der Waals surface area contributed by atoms with Crippen LogP contribution in [0.5, 0.6) is 17.2 Å². The predicted octanol–water partition coefficient (Wildman–Crippen LogP) is 5.59. The van der Waals surface area contributed by atoms with E-state index in [2.05, 4.69) is 10.1 Å². The summed E-state index contributed by atoms with van der Waals surface area (Å²) in [6.45, 7) is 1.11. The number of alkyl halides is 3. The molecule has 0 fully saturated rings. The summed E-state index contributed by atoms with van der Waals surface area (Å²) in [5.41, 5.74) is 1.83. The van der Waals surface area contributed by atoms with Crippen LogP contribution < -0.4 is 19.5 Å². The number of hydrogen-bond donors (Lipinski definition) is 2. The van der Waals surface area contributed by atoms with Crippen LogP contribution >= 0.6 is 0 Å². The van der Waals surface area contributed by atoms with Crippen molar-refractivity contribution in [1.29, 1.82) is 0 Å². The average molecular weight is 507 g/mol. The Morgan fingerprint density at radius 1 is 0.972 bits per heavy atom.